The molecule has 8 nitrogen and oxygen atoms in total. The minimum atomic E-state index is -1.01. The lowest BCUT2D eigenvalue weighted by Gasteiger charge is -2.44. The lowest BCUT2D eigenvalue weighted by atomic mass is 9.74. The zero-order chi connectivity index (χ0) is 27.7. The molecule has 2 unspecified atom stereocenters. The fourth-order valence-corrected chi connectivity index (χ4v) is 5.80. The molecule has 1 aliphatic heterocycles. The van der Waals surface area contributed by atoms with Crippen LogP contribution in [0.15, 0.2) is 59.5 Å². The Balaban J connectivity index is 1.33. The zero-order valence-corrected chi connectivity index (χ0v) is 21.1. The van der Waals surface area contributed by atoms with Crippen molar-refractivity contribution in [1.29, 1.82) is 0 Å². The molecule has 10 heteroatoms. The number of aromatic hydroxyl groups is 1. The topological polar surface area (TPSA) is 112 Å². The summed E-state index contributed by atoms with van der Waals surface area (Å²) < 4.78 is 28.4. The van der Waals surface area contributed by atoms with Crippen molar-refractivity contribution in [3.05, 3.63) is 99.0 Å². The number of hydrogen-bond acceptors (Lipinski definition) is 5. The van der Waals surface area contributed by atoms with Crippen LogP contribution in [0.4, 0.5) is 8.78 Å². The number of carbonyl (C=O) groups is 2. The predicted molar refractivity (Wildman–Crippen MR) is 138 cm³/mol. The second-order valence-corrected chi connectivity index (χ2v) is 10.1. The van der Waals surface area contributed by atoms with Gasteiger partial charge in [0.25, 0.3) is 11.8 Å². The summed E-state index contributed by atoms with van der Waals surface area (Å²) in [5.74, 6) is -3.71. The molecule has 2 heterocycles. The molecule has 2 aromatic carbocycles. The maximum atomic E-state index is 13.9. The van der Waals surface area contributed by atoms with E-state index in [0.717, 1.165) is 12.5 Å². The zero-order valence-electron chi connectivity index (χ0n) is 21.1. The minimum absolute atomic E-state index is 0.0262. The maximum Gasteiger partial charge on any atom is 0.274 e. The number of aromatic nitrogens is 1. The van der Waals surface area contributed by atoms with Crippen LogP contribution < -0.4 is 10.7 Å². The molecule has 1 aromatic heterocycles. The van der Waals surface area contributed by atoms with Crippen molar-refractivity contribution in [1.82, 2.24) is 14.8 Å². The fourth-order valence-electron chi connectivity index (χ4n) is 5.80. The molecule has 0 spiro atoms. The molecule has 204 valence electrons. The van der Waals surface area contributed by atoms with Gasteiger partial charge in [0.2, 0.25) is 5.43 Å². The highest BCUT2D eigenvalue weighted by Gasteiger charge is 2.40. The highest BCUT2D eigenvalue weighted by molar-refractivity contribution is 5.99. The first kappa shape index (κ1) is 26.6. The van der Waals surface area contributed by atoms with Gasteiger partial charge in [-0.05, 0) is 36.8 Å². The van der Waals surface area contributed by atoms with Crippen LogP contribution in [0.1, 0.15) is 57.2 Å². The van der Waals surface area contributed by atoms with E-state index in [1.165, 1.54) is 22.4 Å². The van der Waals surface area contributed by atoms with Crippen molar-refractivity contribution < 1.29 is 28.6 Å². The molecule has 2 aliphatic rings. The first-order valence-corrected chi connectivity index (χ1v) is 12.9. The Morgan fingerprint density at radius 3 is 2.54 bits per heavy atom. The Kier molecular flexibility index (Phi) is 7.47. The number of nitrogens with one attached hydrogen (secondary N) is 1. The van der Waals surface area contributed by atoms with Crippen molar-refractivity contribution in [2.24, 2.45) is 5.92 Å². The smallest absolute Gasteiger partial charge is 0.274 e. The third-order valence-electron chi connectivity index (χ3n) is 7.85. The average molecular weight is 538 g/mol. The highest BCUT2D eigenvalue weighted by atomic mass is 19.1. The van der Waals surface area contributed by atoms with Gasteiger partial charge in [-0.25, -0.2) is 8.78 Å². The minimum Gasteiger partial charge on any atom is -0.503 e. The molecule has 1 saturated carbocycles. The van der Waals surface area contributed by atoms with Gasteiger partial charge in [0.15, 0.2) is 11.4 Å². The number of amides is 2. The monoisotopic (exact) mass is 537 g/mol. The number of rotatable bonds is 6. The van der Waals surface area contributed by atoms with E-state index in [4.69, 9.17) is 0 Å². The molecule has 5 rings (SSSR count). The molecule has 0 saturated heterocycles. The largest absolute Gasteiger partial charge is 0.503 e. The Morgan fingerprint density at radius 2 is 1.82 bits per heavy atom. The number of aliphatic hydroxyl groups excluding tert-OH is 1. The van der Waals surface area contributed by atoms with Gasteiger partial charge >= 0.3 is 0 Å². The molecule has 2 amide bonds. The molecule has 3 N–H and O–H groups in total. The number of benzene rings is 2. The molecule has 3 atom stereocenters. The number of fused-ring (bicyclic) bond motifs is 1. The molecular weight excluding hydrogens is 508 g/mol. The van der Waals surface area contributed by atoms with Crippen molar-refractivity contribution in [3.63, 3.8) is 0 Å². The fraction of sp³-hybridized carbons (Fsp3) is 0.345. The van der Waals surface area contributed by atoms with Crippen LogP contribution in [0, 0.1) is 17.6 Å². The standard InChI is InChI=1S/C29H29F2N3O5/c30-21-8-6-19(23(31)13-21)14-32-28(38)22-15-33-10-11-34(29(39)25(33)27(37)26(22)36)24-9-7-18(12-20(24)16-35)17-4-2-1-3-5-17/h1-6,8,13,15,18,20,24,35,37H,7,9-12,14,16H2,(H,32,38)/t18-,20?,24?/m0/s1. The predicted octanol–water partition coefficient (Wildman–Crippen LogP) is 3.16. The van der Waals surface area contributed by atoms with Crippen LogP contribution in [0.25, 0.3) is 0 Å². The number of nitrogens with zero attached hydrogens (tertiary/aromatic N) is 2. The SMILES string of the molecule is O=C(NCc1ccc(F)cc1F)c1cn2c(c(O)c1=O)C(=O)N(C1CC[C@H](c3ccccc3)CC1CO)CC2. The van der Waals surface area contributed by atoms with Crippen LogP contribution in [0.3, 0.4) is 0 Å². The molecule has 3 aromatic rings. The summed E-state index contributed by atoms with van der Waals surface area (Å²) in [4.78, 5) is 40.7. The van der Waals surface area contributed by atoms with Crippen LogP contribution in [-0.4, -0.2) is 50.7 Å². The lowest BCUT2D eigenvalue weighted by molar-refractivity contribution is 0.0330. The van der Waals surface area contributed by atoms with Gasteiger partial charge in [-0.2, -0.15) is 0 Å². The normalized spacial score (nSPS) is 20.9. The van der Waals surface area contributed by atoms with Crippen molar-refractivity contribution in [2.45, 2.75) is 44.3 Å². The number of halogens is 2. The first-order valence-electron chi connectivity index (χ1n) is 12.9. The summed E-state index contributed by atoms with van der Waals surface area (Å²) in [5.41, 5.74) is -0.383. The Morgan fingerprint density at radius 1 is 1.05 bits per heavy atom. The van der Waals surface area contributed by atoms with Crippen molar-refractivity contribution in [3.8, 4) is 5.75 Å². The molecule has 0 bridgehead atoms. The van der Waals surface area contributed by atoms with Gasteiger partial charge in [0, 0.05) is 56.0 Å². The Bertz CT molecular complexity index is 1460. The van der Waals surface area contributed by atoms with E-state index in [0.29, 0.717) is 18.9 Å². The van der Waals surface area contributed by atoms with Gasteiger partial charge in [0.05, 0.1) is 0 Å². The molecule has 1 fully saturated rings. The van der Waals surface area contributed by atoms with Crippen LogP contribution in [0.5, 0.6) is 5.75 Å². The van der Waals surface area contributed by atoms with Crippen LogP contribution >= 0.6 is 0 Å². The Hall–Kier alpha value is -4.05. The molecule has 1 aliphatic carbocycles. The second kappa shape index (κ2) is 11.0. The molecular formula is C29H29F2N3O5. The van der Waals surface area contributed by atoms with Gasteiger partial charge in [0.1, 0.15) is 17.2 Å². The molecule has 39 heavy (non-hydrogen) atoms. The summed E-state index contributed by atoms with van der Waals surface area (Å²) in [6.07, 6.45) is 3.43. The highest BCUT2D eigenvalue weighted by Crippen LogP contribution is 2.39. The number of hydrogen-bond donors (Lipinski definition) is 3. The van der Waals surface area contributed by atoms with Gasteiger partial charge in [-0.15, -0.1) is 0 Å². The van der Waals surface area contributed by atoms with Gasteiger partial charge < -0.3 is 25.0 Å². The van der Waals surface area contributed by atoms with E-state index in [9.17, 15) is 33.4 Å². The average Bonchev–Trinajstić information content (AvgIpc) is 2.94. The summed E-state index contributed by atoms with van der Waals surface area (Å²) in [5, 5.41) is 23.3. The van der Waals surface area contributed by atoms with Gasteiger partial charge in [-0.1, -0.05) is 36.4 Å². The van der Waals surface area contributed by atoms with E-state index < -0.39 is 40.2 Å². The second-order valence-electron chi connectivity index (χ2n) is 10.1. The molecule has 0 radical (unpaired) electrons. The van der Waals surface area contributed by atoms with E-state index in [-0.39, 0.29) is 55.4 Å². The Labute approximate surface area is 223 Å². The van der Waals surface area contributed by atoms with E-state index >= 15 is 0 Å². The van der Waals surface area contributed by atoms with E-state index in [1.54, 1.807) is 4.90 Å². The van der Waals surface area contributed by atoms with Crippen LogP contribution in [0.2, 0.25) is 0 Å². The number of aliphatic hydroxyl groups is 1. The summed E-state index contributed by atoms with van der Waals surface area (Å²) in [6, 6.07) is 12.7. The van der Waals surface area contributed by atoms with Gasteiger partial charge in [-0.3, -0.25) is 14.4 Å². The maximum absolute atomic E-state index is 13.9. The quantitative estimate of drug-likeness (QED) is 0.447. The third kappa shape index (κ3) is 5.16. The summed E-state index contributed by atoms with van der Waals surface area (Å²) in [7, 11) is 0. The summed E-state index contributed by atoms with van der Waals surface area (Å²) in [6.45, 7) is 0.129. The van der Waals surface area contributed by atoms with E-state index in [2.05, 4.69) is 17.4 Å². The van der Waals surface area contributed by atoms with Crippen molar-refractivity contribution >= 4 is 11.8 Å². The summed E-state index contributed by atoms with van der Waals surface area (Å²) >= 11 is 0. The number of pyridine rings is 1. The lowest BCUT2D eigenvalue weighted by Crippen LogP contribution is -2.52. The van der Waals surface area contributed by atoms with Crippen LogP contribution in [-0.2, 0) is 13.1 Å². The third-order valence-corrected chi connectivity index (χ3v) is 7.85. The van der Waals surface area contributed by atoms with Crippen molar-refractivity contribution in [2.75, 3.05) is 13.2 Å². The number of carbonyl (C=O) groups excluding carboxylic acids is 2. The van der Waals surface area contributed by atoms with E-state index in [1.807, 2.05) is 18.2 Å². The first-order chi connectivity index (χ1) is 18.8.